The lowest BCUT2D eigenvalue weighted by Gasteiger charge is -2.34. The molecule has 0 radical (unpaired) electrons. The zero-order chi connectivity index (χ0) is 40.6. The first-order chi connectivity index (χ1) is 28.7. The van der Waals surface area contributed by atoms with Gasteiger partial charge in [0.05, 0.1) is 11.4 Å². The lowest BCUT2D eigenvalue weighted by Crippen LogP contribution is -2.16. The van der Waals surface area contributed by atoms with Crippen molar-refractivity contribution in [3.8, 4) is 0 Å². The summed E-state index contributed by atoms with van der Waals surface area (Å²) >= 11 is 0. The van der Waals surface area contributed by atoms with Crippen LogP contribution in [-0.4, -0.2) is 0 Å². The molecule has 7 aromatic carbocycles. The summed E-state index contributed by atoms with van der Waals surface area (Å²) in [5.74, 6) is 1.62. The topological polar surface area (TPSA) is 6.48 Å². The number of rotatable bonds is 9. The van der Waals surface area contributed by atoms with Crippen LogP contribution < -0.4 is 9.80 Å². The van der Waals surface area contributed by atoms with Gasteiger partial charge in [-0.3, -0.25) is 0 Å². The van der Waals surface area contributed by atoms with E-state index in [9.17, 15) is 0 Å². The van der Waals surface area contributed by atoms with Gasteiger partial charge in [0.1, 0.15) is 0 Å². The van der Waals surface area contributed by atoms with Crippen LogP contribution in [0.3, 0.4) is 0 Å². The summed E-state index contributed by atoms with van der Waals surface area (Å²) in [4.78, 5) is 5.19. The molecule has 2 saturated carbocycles. The second-order valence-electron chi connectivity index (χ2n) is 18.3. The van der Waals surface area contributed by atoms with Crippen molar-refractivity contribution >= 4 is 55.7 Å². The molecule has 2 aliphatic rings. The van der Waals surface area contributed by atoms with Crippen molar-refractivity contribution in [1.82, 2.24) is 0 Å². The van der Waals surface area contributed by atoms with Gasteiger partial charge in [-0.25, -0.2) is 0 Å². The van der Waals surface area contributed by atoms with Crippen LogP contribution in [0.25, 0.3) is 21.5 Å². The molecular formula is C57H62N2. The maximum absolute atomic E-state index is 2.60. The van der Waals surface area contributed by atoms with Gasteiger partial charge in [0.2, 0.25) is 0 Å². The summed E-state index contributed by atoms with van der Waals surface area (Å²) in [6.07, 6.45) is 13.1. The van der Waals surface area contributed by atoms with Crippen molar-refractivity contribution in [3.63, 3.8) is 0 Å². The van der Waals surface area contributed by atoms with Crippen LogP contribution in [0.1, 0.15) is 135 Å². The molecule has 2 fully saturated rings. The van der Waals surface area contributed by atoms with Crippen LogP contribution in [0.2, 0.25) is 0 Å². The van der Waals surface area contributed by atoms with E-state index in [1.807, 2.05) is 0 Å². The Morgan fingerprint density at radius 3 is 1.29 bits per heavy atom. The molecule has 0 spiro atoms. The predicted octanol–water partition coefficient (Wildman–Crippen LogP) is 17.4. The Morgan fingerprint density at radius 2 is 0.831 bits per heavy atom. The van der Waals surface area contributed by atoms with Gasteiger partial charge in [-0.05, 0) is 165 Å². The van der Waals surface area contributed by atoms with Gasteiger partial charge in [0.25, 0.3) is 0 Å². The zero-order valence-corrected chi connectivity index (χ0v) is 36.3. The van der Waals surface area contributed by atoms with Crippen LogP contribution in [0.4, 0.5) is 34.1 Å². The third kappa shape index (κ3) is 7.68. The molecule has 0 saturated heterocycles. The van der Waals surface area contributed by atoms with Crippen molar-refractivity contribution < 1.29 is 0 Å². The Kier molecular flexibility index (Phi) is 11.1. The van der Waals surface area contributed by atoms with Gasteiger partial charge >= 0.3 is 0 Å². The van der Waals surface area contributed by atoms with Crippen molar-refractivity contribution in [1.29, 1.82) is 0 Å². The van der Waals surface area contributed by atoms with E-state index in [0.29, 0.717) is 17.8 Å². The highest BCUT2D eigenvalue weighted by Crippen LogP contribution is 2.52. The standard InChI is InChI=1S/C57H62N2/c1-38(2)45-29-32-54-55(37-45)57(59(51-31-28-40(4)42(6)34-51)49-24-16-22-47(36-49)44-19-11-8-12-20-44)53-26-14-13-25-52(53)56(54)58(50-30-27-39(3)41(5)33-50)48-23-15-21-46(35-48)43-17-9-7-10-18-43/h13-16,21-38,43-44H,7-12,17-20H2,1-6H3. The molecule has 59 heavy (non-hydrogen) atoms. The maximum Gasteiger partial charge on any atom is 0.0620 e. The summed E-state index contributed by atoms with van der Waals surface area (Å²) in [6, 6.07) is 49.8. The van der Waals surface area contributed by atoms with Gasteiger partial charge in [0, 0.05) is 44.3 Å². The van der Waals surface area contributed by atoms with Gasteiger partial charge < -0.3 is 9.80 Å². The minimum atomic E-state index is 0.384. The third-order valence-electron chi connectivity index (χ3n) is 14.0. The molecule has 0 aromatic heterocycles. The Hall–Kier alpha value is -5.34. The number of benzene rings is 7. The van der Waals surface area contributed by atoms with E-state index < -0.39 is 0 Å². The maximum atomic E-state index is 2.60. The molecule has 0 unspecified atom stereocenters. The Balaban J connectivity index is 1.37. The highest BCUT2D eigenvalue weighted by atomic mass is 15.2. The smallest absolute Gasteiger partial charge is 0.0620 e. The Morgan fingerprint density at radius 1 is 0.390 bits per heavy atom. The summed E-state index contributed by atoms with van der Waals surface area (Å²) in [5.41, 5.74) is 16.9. The van der Waals surface area contributed by atoms with Gasteiger partial charge in [-0.2, -0.15) is 0 Å². The highest BCUT2D eigenvalue weighted by Gasteiger charge is 2.28. The molecule has 0 atom stereocenters. The van der Waals surface area contributed by atoms with E-state index in [1.165, 1.54) is 159 Å². The fraction of sp³-hybridized carbons (Fsp3) is 0.333. The van der Waals surface area contributed by atoms with E-state index in [-0.39, 0.29) is 0 Å². The third-order valence-corrected chi connectivity index (χ3v) is 14.0. The lowest BCUT2D eigenvalue weighted by molar-refractivity contribution is 0.443. The molecule has 9 rings (SSSR count). The number of fused-ring (bicyclic) bond motifs is 2. The predicted molar refractivity (Wildman–Crippen MR) is 256 cm³/mol. The van der Waals surface area contributed by atoms with Gasteiger partial charge in [-0.1, -0.05) is 125 Å². The normalized spacial score (nSPS) is 15.3. The Labute approximate surface area is 353 Å². The molecular weight excluding hydrogens is 713 g/mol. The van der Waals surface area contributed by atoms with Crippen LogP contribution in [-0.2, 0) is 0 Å². The lowest BCUT2D eigenvalue weighted by atomic mass is 9.84. The molecule has 7 aromatic rings. The number of aryl methyl sites for hydroxylation is 4. The number of hydrogen-bond donors (Lipinski definition) is 0. The quantitative estimate of drug-likeness (QED) is 0.106. The van der Waals surface area contributed by atoms with E-state index in [1.54, 1.807) is 0 Å². The molecule has 300 valence electrons. The molecule has 2 aliphatic carbocycles. The molecule has 0 heterocycles. The van der Waals surface area contributed by atoms with Crippen LogP contribution in [0, 0.1) is 27.7 Å². The molecule has 0 amide bonds. The monoisotopic (exact) mass is 774 g/mol. The van der Waals surface area contributed by atoms with Crippen LogP contribution in [0.5, 0.6) is 0 Å². The van der Waals surface area contributed by atoms with E-state index in [2.05, 4.69) is 179 Å². The van der Waals surface area contributed by atoms with Crippen LogP contribution in [0.15, 0.2) is 127 Å². The fourth-order valence-corrected chi connectivity index (χ4v) is 10.2. The molecule has 2 nitrogen and oxygen atoms in total. The SMILES string of the molecule is Cc1ccc(N(c2cccc(C3CCCCC3)c2)c2c3ccccc3c(N(c3cccc(C4CCCCC4)c3)c3ccc(C)c(C)c3)c3cc(C(C)C)ccc23)cc1C. The van der Waals surface area contributed by atoms with Gasteiger partial charge in [-0.15, -0.1) is 0 Å². The second-order valence-corrected chi connectivity index (χ2v) is 18.3. The molecule has 0 N–H and O–H groups in total. The first kappa shape index (κ1) is 39.1. The largest absolute Gasteiger partial charge is 0.309 e. The van der Waals surface area contributed by atoms with E-state index in [4.69, 9.17) is 0 Å². The van der Waals surface area contributed by atoms with Crippen molar-refractivity contribution in [2.45, 2.75) is 124 Å². The number of anilines is 6. The van der Waals surface area contributed by atoms with Gasteiger partial charge in [0.15, 0.2) is 0 Å². The number of hydrogen-bond acceptors (Lipinski definition) is 2. The minimum Gasteiger partial charge on any atom is -0.309 e. The molecule has 0 aliphatic heterocycles. The van der Waals surface area contributed by atoms with Crippen LogP contribution >= 0.6 is 0 Å². The van der Waals surface area contributed by atoms with E-state index in [0.717, 1.165) is 0 Å². The molecule has 0 bridgehead atoms. The van der Waals surface area contributed by atoms with Crippen molar-refractivity contribution in [2.75, 3.05) is 9.80 Å². The van der Waals surface area contributed by atoms with Crippen molar-refractivity contribution in [2.24, 2.45) is 0 Å². The van der Waals surface area contributed by atoms with Crippen molar-refractivity contribution in [3.05, 3.63) is 166 Å². The number of nitrogens with zero attached hydrogens (tertiary/aromatic N) is 2. The molecule has 2 heteroatoms. The summed E-state index contributed by atoms with van der Waals surface area (Å²) in [7, 11) is 0. The first-order valence-electron chi connectivity index (χ1n) is 22.7. The summed E-state index contributed by atoms with van der Waals surface area (Å²) in [5, 5.41) is 5.06. The average molecular weight is 775 g/mol. The summed E-state index contributed by atoms with van der Waals surface area (Å²) in [6.45, 7) is 13.6. The first-order valence-corrected chi connectivity index (χ1v) is 22.7. The average Bonchev–Trinajstić information content (AvgIpc) is 3.27. The highest BCUT2D eigenvalue weighted by molar-refractivity contribution is 6.23. The Bertz CT molecular complexity index is 2620. The minimum absolute atomic E-state index is 0.384. The van der Waals surface area contributed by atoms with E-state index >= 15 is 0 Å². The zero-order valence-electron chi connectivity index (χ0n) is 36.3. The second kappa shape index (κ2) is 16.7. The fourth-order valence-electron chi connectivity index (χ4n) is 10.2. The summed E-state index contributed by atoms with van der Waals surface area (Å²) < 4.78 is 0.